The molecule has 0 aliphatic heterocycles. The third kappa shape index (κ3) is 14.9. The van der Waals surface area contributed by atoms with Crippen molar-refractivity contribution in [3.63, 3.8) is 0 Å². The SMILES string of the molecule is CCCCCC/C=C/CCC/C=C/CCC(=O)O. The lowest BCUT2D eigenvalue weighted by atomic mass is 10.1. The maximum Gasteiger partial charge on any atom is 0.303 e. The van der Waals surface area contributed by atoms with Crippen LogP contribution in [0.25, 0.3) is 0 Å². The van der Waals surface area contributed by atoms with E-state index in [2.05, 4.69) is 25.2 Å². The van der Waals surface area contributed by atoms with Crippen molar-refractivity contribution in [1.82, 2.24) is 0 Å². The summed E-state index contributed by atoms with van der Waals surface area (Å²) in [5.74, 6) is -0.717. The van der Waals surface area contributed by atoms with Crippen LogP contribution in [0.15, 0.2) is 24.3 Å². The summed E-state index contributed by atoms with van der Waals surface area (Å²) in [6.07, 6.45) is 19.4. The molecule has 0 unspecified atom stereocenters. The second-order valence-electron chi connectivity index (χ2n) is 4.66. The Hall–Kier alpha value is -1.05. The lowest BCUT2D eigenvalue weighted by Crippen LogP contribution is -1.91. The van der Waals surface area contributed by atoms with Crippen LogP contribution in [0.3, 0.4) is 0 Å². The first-order valence-electron chi connectivity index (χ1n) is 7.29. The molecule has 0 aliphatic carbocycles. The van der Waals surface area contributed by atoms with Crippen molar-refractivity contribution in [1.29, 1.82) is 0 Å². The van der Waals surface area contributed by atoms with Crippen LogP contribution in [-0.4, -0.2) is 11.1 Å². The van der Waals surface area contributed by atoms with Crippen molar-refractivity contribution < 1.29 is 9.90 Å². The number of aliphatic carboxylic acids is 1. The molecule has 2 nitrogen and oxygen atoms in total. The molecule has 0 spiro atoms. The maximum atomic E-state index is 10.3. The van der Waals surface area contributed by atoms with E-state index in [9.17, 15) is 4.79 Å². The van der Waals surface area contributed by atoms with Crippen LogP contribution in [0.2, 0.25) is 0 Å². The van der Waals surface area contributed by atoms with Crippen molar-refractivity contribution in [2.24, 2.45) is 0 Å². The Morgan fingerprint density at radius 1 is 0.833 bits per heavy atom. The molecule has 104 valence electrons. The average Bonchev–Trinajstić information content (AvgIpc) is 2.34. The Bertz CT molecular complexity index is 241. The molecule has 2 heteroatoms. The van der Waals surface area contributed by atoms with Crippen molar-refractivity contribution in [3.05, 3.63) is 24.3 Å². The second kappa shape index (κ2) is 14.0. The summed E-state index contributed by atoms with van der Waals surface area (Å²) in [7, 11) is 0. The molecule has 0 rings (SSSR count). The monoisotopic (exact) mass is 252 g/mol. The van der Waals surface area contributed by atoms with Gasteiger partial charge in [0.2, 0.25) is 0 Å². The lowest BCUT2D eigenvalue weighted by Gasteiger charge is -1.94. The summed E-state index contributed by atoms with van der Waals surface area (Å²) in [5.41, 5.74) is 0. The van der Waals surface area contributed by atoms with Crippen molar-refractivity contribution in [3.8, 4) is 0 Å². The fourth-order valence-electron chi connectivity index (χ4n) is 1.72. The third-order valence-corrected chi connectivity index (χ3v) is 2.82. The number of hydrogen-bond acceptors (Lipinski definition) is 1. The fraction of sp³-hybridized carbons (Fsp3) is 0.688. The van der Waals surface area contributed by atoms with E-state index in [0.717, 1.165) is 19.3 Å². The van der Waals surface area contributed by atoms with Crippen molar-refractivity contribution in [2.75, 3.05) is 0 Å². The summed E-state index contributed by atoms with van der Waals surface area (Å²) in [6, 6.07) is 0. The summed E-state index contributed by atoms with van der Waals surface area (Å²) in [4.78, 5) is 10.3. The van der Waals surface area contributed by atoms with E-state index in [1.807, 2.05) is 6.08 Å². The van der Waals surface area contributed by atoms with Crippen LogP contribution in [0.4, 0.5) is 0 Å². The third-order valence-electron chi connectivity index (χ3n) is 2.82. The zero-order valence-corrected chi connectivity index (χ0v) is 11.7. The van der Waals surface area contributed by atoms with Gasteiger partial charge in [0.15, 0.2) is 0 Å². The average molecular weight is 252 g/mol. The van der Waals surface area contributed by atoms with E-state index in [0.29, 0.717) is 6.42 Å². The molecule has 0 aromatic carbocycles. The second-order valence-corrected chi connectivity index (χ2v) is 4.66. The van der Waals surface area contributed by atoms with Gasteiger partial charge in [-0.3, -0.25) is 4.79 Å². The smallest absolute Gasteiger partial charge is 0.303 e. The molecule has 18 heavy (non-hydrogen) atoms. The Balaban J connectivity index is 3.19. The lowest BCUT2D eigenvalue weighted by molar-refractivity contribution is -0.136. The van der Waals surface area contributed by atoms with E-state index < -0.39 is 5.97 Å². The molecule has 0 radical (unpaired) electrons. The molecular formula is C16H28O2. The molecule has 1 N–H and O–H groups in total. The zero-order valence-electron chi connectivity index (χ0n) is 11.7. The number of carbonyl (C=O) groups is 1. The minimum absolute atomic E-state index is 0.244. The van der Waals surface area contributed by atoms with Gasteiger partial charge >= 0.3 is 5.97 Å². The minimum Gasteiger partial charge on any atom is -0.481 e. The molecule has 0 aliphatic rings. The first-order chi connectivity index (χ1) is 8.77. The van der Waals surface area contributed by atoms with Gasteiger partial charge in [0, 0.05) is 6.42 Å². The van der Waals surface area contributed by atoms with Crippen molar-refractivity contribution in [2.45, 2.75) is 71.1 Å². The molecule has 0 bridgehead atoms. The predicted molar refractivity (Wildman–Crippen MR) is 77.8 cm³/mol. The van der Waals surface area contributed by atoms with Crippen LogP contribution in [0.1, 0.15) is 71.1 Å². The number of carboxylic acid groups (broad SMARTS) is 1. The summed E-state index contributed by atoms with van der Waals surface area (Å²) in [6.45, 7) is 2.24. The van der Waals surface area contributed by atoms with Gasteiger partial charge in [-0.05, 0) is 38.5 Å². The Labute approximate surface area is 112 Å². The highest BCUT2D eigenvalue weighted by molar-refractivity contribution is 5.66. The van der Waals surface area contributed by atoms with Gasteiger partial charge in [0.25, 0.3) is 0 Å². The number of unbranched alkanes of at least 4 members (excludes halogenated alkanes) is 6. The summed E-state index contributed by atoms with van der Waals surface area (Å²) >= 11 is 0. The van der Waals surface area contributed by atoms with Gasteiger partial charge in [-0.2, -0.15) is 0 Å². The molecule has 0 saturated carbocycles. The van der Waals surface area contributed by atoms with E-state index in [1.54, 1.807) is 0 Å². The van der Waals surface area contributed by atoms with Gasteiger partial charge in [-0.1, -0.05) is 50.5 Å². The molecule has 0 aromatic rings. The van der Waals surface area contributed by atoms with Gasteiger partial charge in [0.05, 0.1) is 0 Å². The highest BCUT2D eigenvalue weighted by atomic mass is 16.4. The van der Waals surface area contributed by atoms with Crippen molar-refractivity contribution >= 4 is 5.97 Å². The maximum absolute atomic E-state index is 10.3. The number of hydrogen-bond donors (Lipinski definition) is 1. The van der Waals surface area contributed by atoms with Crippen LogP contribution in [0, 0.1) is 0 Å². The summed E-state index contributed by atoms with van der Waals surface area (Å²) < 4.78 is 0. The molecule has 0 aromatic heterocycles. The van der Waals surface area contributed by atoms with Crippen LogP contribution in [0.5, 0.6) is 0 Å². The highest BCUT2D eigenvalue weighted by Gasteiger charge is 1.91. The van der Waals surface area contributed by atoms with Gasteiger partial charge < -0.3 is 5.11 Å². The van der Waals surface area contributed by atoms with E-state index in [1.165, 1.54) is 32.1 Å². The first kappa shape index (κ1) is 16.9. The number of carboxylic acids is 1. The molecule has 0 amide bonds. The molecule has 0 heterocycles. The number of rotatable bonds is 12. The number of allylic oxidation sites excluding steroid dienone is 4. The van der Waals surface area contributed by atoms with Crippen LogP contribution >= 0.6 is 0 Å². The van der Waals surface area contributed by atoms with Crippen LogP contribution < -0.4 is 0 Å². The molecule has 0 fully saturated rings. The van der Waals surface area contributed by atoms with Crippen LogP contribution in [-0.2, 0) is 4.79 Å². The van der Waals surface area contributed by atoms with Gasteiger partial charge in [-0.25, -0.2) is 0 Å². The zero-order chi connectivity index (χ0) is 13.5. The van der Waals surface area contributed by atoms with E-state index in [4.69, 9.17) is 5.11 Å². The highest BCUT2D eigenvalue weighted by Crippen LogP contribution is 2.05. The van der Waals surface area contributed by atoms with Gasteiger partial charge in [0.1, 0.15) is 0 Å². The Kier molecular flexibility index (Phi) is 13.2. The van der Waals surface area contributed by atoms with Gasteiger partial charge in [-0.15, -0.1) is 0 Å². The summed E-state index contributed by atoms with van der Waals surface area (Å²) in [5, 5.41) is 8.45. The minimum atomic E-state index is -0.717. The molecular weight excluding hydrogens is 224 g/mol. The first-order valence-corrected chi connectivity index (χ1v) is 7.29. The molecule has 0 atom stereocenters. The topological polar surface area (TPSA) is 37.3 Å². The predicted octanol–water partition coefficient (Wildman–Crippen LogP) is 5.10. The normalized spacial score (nSPS) is 11.6. The van der Waals surface area contributed by atoms with E-state index >= 15 is 0 Å². The quantitative estimate of drug-likeness (QED) is 0.387. The molecule has 0 saturated heterocycles. The largest absolute Gasteiger partial charge is 0.481 e. The Morgan fingerprint density at radius 3 is 1.94 bits per heavy atom. The fourth-order valence-corrected chi connectivity index (χ4v) is 1.72. The standard InChI is InChI=1S/C16H28O2/c1-2-3-4-5-6-7-8-9-10-11-12-13-14-15-16(17)18/h7-8,12-13H,2-6,9-11,14-15H2,1H3,(H,17,18)/b8-7+,13-12+. The van der Waals surface area contributed by atoms with E-state index in [-0.39, 0.29) is 6.42 Å². The Morgan fingerprint density at radius 2 is 1.39 bits per heavy atom.